The van der Waals surface area contributed by atoms with Crippen LogP contribution in [-0.2, 0) is 13.0 Å². The van der Waals surface area contributed by atoms with Crippen LogP contribution in [0.2, 0.25) is 0 Å². The van der Waals surface area contributed by atoms with Gasteiger partial charge in [-0.05, 0) is 17.5 Å². The van der Waals surface area contributed by atoms with E-state index in [-0.39, 0.29) is 18.1 Å². The first-order chi connectivity index (χ1) is 10.7. The third-order valence-electron chi connectivity index (χ3n) is 3.85. The van der Waals surface area contributed by atoms with Gasteiger partial charge in [-0.25, -0.2) is 0 Å². The summed E-state index contributed by atoms with van der Waals surface area (Å²) in [6, 6.07) is 9.87. The Bertz CT molecular complexity index is 627. The molecule has 1 aromatic heterocycles. The second kappa shape index (κ2) is 6.72. The van der Waals surface area contributed by atoms with Gasteiger partial charge >= 0.3 is 0 Å². The monoisotopic (exact) mass is 301 g/mol. The van der Waals surface area contributed by atoms with E-state index in [2.05, 4.69) is 38.1 Å². The van der Waals surface area contributed by atoms with Gasteiger partial charge in [0.1, 0.15) is 6.26 Å². The molecule has 6 heteroatoms. The first-order valence-electron chi connectivity index (χ1n) is 7.38. The number of hydrogen-bond acceptors (Lipinski definition) is 5. The van der Waals surface area contributed by atoms with Crippen molar-refractivity contribution in [2.24, 2.45) is 0 Å². The molecule has 0 bridgehead atoms. The lowest BCUT2D eigenvalue weighted by Gasteiger charge is -2.30. The van der Waals surface area contributed by atoms with E-state index in [1.54, 1.807) is 0 Å². The molecule has 1 atom stereocenters. The van der Waals surface area contributed by atoms with Crippen LogP contribution in [0.3, 0.4) is 0 Å². The van der Waals surface area contributed by atoms with Gasteiger partial charge in [0.2, 0.25) is 0 Å². The molecule has 1 amide bonds. The number of β-amino-alcohol motifs (C(OH)–C–C–N with tert-alkyl or cyclic N) is 1. The van der Waals surface area contributed by atoms with Crippen molar-refractivity contribution in [1.82, 2.24) is 15.4 Å². The average molecular weight is 301 g/mol. The van der Waals surface area contributed by atoms with E-state index >= 15 is 0 Å². The molecule has 1 aliphatic rings. The molecule has 0 fully saturated rings. The summed E-state index contributed by atoms with van der Waals surface area (Å²) in [6.07, 6.45) is 1.73. The van der Waals surface area contributed by atoms with Gasteiger partial charge in [-0.3, -0.25) is 9.69 Å². The van der Waals surface area contributed by atoms with Crippen LogP contribution in [0.1, 0.15) is 21.6 Å². The molecule has 0 saturated carbocycles. The number of nitrogens with zero attached hydrogens (tertiary/aromatic N) is 2. The molecule has 2 N–H and O–H groups in total. The maximum Gasteiger partial charge on any atom is 0.273 e. The van der Waals surface area contributed by atoms with E-state index in [4.69, 9.17) is 0 Å². The molecule has 0 aliphatic carbocycles. The number of benzene rings is 1. The maximum absolute atomic E-state index is 11.7. The highest BCUT2D eigenvalue weighted by Crippen LogP contribution is 2.18. The molecule has 3 rings (SSSR count). The minimum absolute atomic E-state index is 0.198. The number of carbonyl (C=O) groups excluding carboxylic acids is 1. The molecule has 0 saturated heterocycles. The predicted molar refractivity (Wildman–Crippen MR) is 80.3 cm³/mol. The average Bonchev–Trinajstić information content (AvgIpc) is 3.07. The number of fused-ring (bicyclic) bond motifs is 1. The van der Waals surface area contributed by atoms with Gasteiger partial charge in [-0.15, -0.1) is 0 Å². The third-order valence-corrected chi connectivity index (χ3v) is 3.85. The number of aliphatic hydroxyl groups excluding tert-OH is 1. The van der Waals surface area contributed by atoms with Crippen LogP contribution in [0.4, 0.5) is 0 Å². The van der Waals surface area contributed by atoms with Crippen LogP contribution >= 0.6 is 0 Å². The van der Waals surface area contributed by atoms with Crippen molar-refractivity contribution in [1.29, 1.82) is 0 Å². The van der Waals surface area contributed by atoms with Gasteiger partial charge in [0, 0.05) is 32.2 Å². The smallest absolute Gasteiger partial charge is 0.273 e. The lowest BCUT2D eigenvalue weighted by atomic mass is 10.00. The SMILES string of the molecule is O=C(NC[C@@H](O)CN1CCc2ccccc2C1)c1ccon1. The lowest BCUT2D eigenvalue weighted by molar-refractivity contribution is 0.0835. The number of aliphatic hydroxyl groups is 1. The maximum atomic E-state index is 11.7. The van der Waals surface area contributed by atoms with E-state index in [1.807, 2.05) is 6.07 Å². The summed E-state index contributed by atoms with van der Waals surface area (Å²) >= 11 is 0. The number of hydrogen-bond donors (Lipinski definition) is 2. The number of rotatable bonds is 5. The quantitative estimate of drug-likeness (QED) is 0.855. The molecule has 1 aromatic carbocycles. The van der Waals surface area contributed by atoms with Crippen molar-refractivity contribution < 1.29 is 14.4 Å². The van der Waals surface area contributed by atoms with Crippen LogP contribution in [-0.4, -0.2) is 46.8 Å². The van der Waals surface area contributed by atoms with E-state index in [0.29, 0.717) is 6.54 Å². The van der Waals surface area contributed by atoms with E-state index in [9.17, 15) is 9.90 Å². The van der Waals surface area contributed by atoms with Gasteiger partial charge < -0.3 is 14.9 Å². The normalized spacial score (nSPS) is 16.0. The summed E-state index contributed by atoms with van der Waals surface area (Å²) in [6.45, 7) is 2.49. The Morgan fingerprint density at radius 1 is 1.36 bits per heavy atom. The summed E-state index contributed by atoms with van der Waals surface area (Å²) in [4.78, 5) is 13.9. The van der Waals surface area contributed by atoms with Crippen molar-refractivity contribution in [3.8, 4) is 0 Å². The Hall–Kier alpha value is -2.18. The highest BCUT2D eigenvalue weighted by atomic mass is 16.5. The lowest BCUT2D eigenvalue weighted by Crippen LogP contribution is -2.42. The zero-order chi connectivity index (χ0) is 15.4. The standard InChI is InChI=1S/C16H19N3O3/c20-14(9-17-16(21)15-6-8-22-18-15)11-19-7-5-12-3-1-2-4-13(12)10-19/h1-4,6,8,14,20H,5,7,9-11H2,(H,17,21)/t14-/m1/s1. The minimum Gasteiger partial charge on any atom is -0.390 e. The zero-order valence-electron chi connectivity index (χ0n) is 12.2. The molecular weight excluding hydrogens is 282 g/mol. The number of nitrogens with one attached hydrogen (secondary N) is 1. The first-order valence-corrected chi connectivity index (χ1v) is 7.38. The summed E-state index contributed by atoms with van der Waals surface area (Å²) in [7, 11) is 0. The number of aromatic nitrogens is 1. The molecule has 6 nitrogen and oxygen atoms in total. The van der Waals surface area contributed by atoms with Gasteiger partial charge in [0.15, 0.2) is 5.69 Å². The van der Waals surface area contributed by atoms with Crippen molar-refractivity contribution in [3.05, 3.63) is 53.4 Å². The fourth-order valence-electron chi connectivity index (χ4n) is 2.70. The van der Waals surface area contributed by atoms with Crippen LogP contribution in [0.15, 0.2) is 41.1 Å². The number of carbonyl (C=O) groups is 1. The second-order valence-corrected chi connectivity index (χ2v) is 5.50. The van der Waals surface area contributed by atoms with Crippen LogP contribution in [0.25, 0.3) is 0 Å². The summed E-state index contributed by atoms with van der Waals surface area (Å²) in [5, 5.41) is 16.3. The Morgan fingerprint density at radius 2 is 2.18 bits per heavy atom. The molecule has 0 spiro atoms. The molecule has 1 aliphatic heterocycles. The van der Waals surface area contributed by atoms with Crippen molar-refractivity contribution in [3.63, 3.8) is 0 Å². The first kappa shape index (κ1) is 14.7. The zero-order valence-corrected chi connectivity index (χ0v) is 12.2. The van der Waals surface area contributed by atoms with Gasteiger partial charge in [-0.1, -0.05) is 29.4 Å². The molecular formula is C16H19N3O3. The predicted octanol–water partition coefficient (Wildman–Crippen LogP) is 0.824. The minimum atomic E-state index is -0.610. The van der Waals surface area contributed by atoms with Gasteiger partial charge in [-0.2, -0.15) is 0 Å². The molecule has 22 heavy (non-hydrogen) atoms. The molecule has 0 unspecified atom stereocenters. The van der Waals surface area contributed by atoms with Crippen LogP contribution in [0, 0.1) is 0 Å². The number of amides is 1. The Morgan fingerprint density at radius 3 is 2.95 bits per heavy atom. The Labute approximate surface area is 128 Å². The van der Waals surface area contributed by atoms with E-state index in [1.165, 1.54) is 23.5 Å². The van der Waals surface area contributed by atoms with E-state index in [0.717, 1.165) is 19.5 Å². The molecule has 2 aromatic rings. The summed E-state index contributed by atoms with van der Waals surface area (Å²) in [5.41, 5.74) is 2.92. The highest BCUT2D eigenvalue weighted by molar-refractivity contribution is 5.91. The molecule has 2 heterocycles. The van der Waals surface area contributed by atoms with Crippen LogP contribution in [0.5, 0.6) is 0 Å². The van der Waals surface area contributed by atoms with Crippen molar-refractivity contribution in [2.45, 2.75) is 19.1 Å². The fraction of sp³-hybridized carbons (Fsp3) is 0.375. The van der Waals surface area contributed by atoms with Crippen molar-refractivity contribution >= 4 is 5.91 Å². The van der Waals surface area contributed by atoms with E-state index < -0.39 is 6.10 Å². The Balaban J connectivity index is 1.46. The summed E-state index contributed by atoms with van der Waals surface area (Å²) < 4.78 is 4.62. The third kappa shape index (κ3) is 3.52. The second-order valence-electron chi connectivity index (χ2n) is 5.50. The molecule has 0 radical (unpaired) electrons. The summed E-state index contributed by atoms with van der Waals surface area (Å²) in [5.74, 6) is -0.336. The highest BCUT2D eigenvalue weighted by Gasteiger charge is 2.19. The van der Waals surface area contributed by atoms with Crippen LogP contribution < -0.4 is 5.32 Å². The Kier molecular flexibility index (Phi) is 4.50. The van der Waals surface area contributed by atoms with Crippen molar-refractivity contribution in [2.75, 3.05) is 19.6 Å². The van der Waals surface area contributed by atoms with Gasteiger partial charge in [0.25, 0.3) is 5.91 Å². The van der Waals surface area contributed by atoms with Gasteiger partial charge in [0.05, 0.1) is 6.10 Å². The largest absolute Gasteiger partial charge is 0.390 e. The topological polar surface area (TPSA) is 78.6 Å². The fourth-order valence-corrected chi connectivity index (χ4v) is 2.70. The molecule has 116 valence electrons.